The molecule has 8 heteroatoms. The minimum absolute atomic E-state index is 0.130. The first-order valence-corrected chi connectivity index (χ1v) is 12.6. The quantitative estimate of drug-likeness (QED) is 0.168. The first-order chi connectivity index (χ1) is 16.2. The van der Waals surface area contributed by atoms with E-state index in [4.69, 9.17) is 4.74 Å². The molecule has 1 saturated heterocycles. The van der Waals surface area contributed by atoms with Gasteiger partial charge in [-0.15, -0.1) is 0 Å². The summed E-state index contributed by atoms with van der Waals surface area (Å²) in [6.07, 6.45) is 7.78. The molecule has 0 N–H and O–H groups in total. The average molecular weight is 488 g/mol. The van der Waals surface area contributed by atoms with Crippen molar-refractivity contribution in [1.29, 1.82) is 0 Å². The Morgan fingerprint density at radius 2 is 1.50 bits per heavy atom. The fraction of sp³-hybridized carbons (Fsp3) is 0.692. The number of benzene rings is 1. The molecule has 1 aliphatic rings. The monoisotopic (exact) mass is 487 g/mol. The van der Waals surface area contributed by atoms with Gasteiger partial charge in [0.1, 0.15) is 5.82 Å². The maximum atomic E-state index is 13.5. The van der Waals surface area contributed by atoms with E-state index in [2.05, 4.69) is 6.92 Å². The van der Waals surface area contributed by atoms with Crippen molar-refractivity contribution in [2.75, 3.05) is 19.7 Å². The Balaban J connectivity index is 1.66. The second-order valence-electron chi connectivity index (χ2n) is 9.10. The van der Waals surface area contributed by atoms with E-state index in [0.29, 0.717) is 37.6 Å². The Morgan fingerprint density at radius 1 is 0.941 bits per heavy atom. The first kappa shape index (κ1) is 28.1. The summed E-state index contributed by atoms with van der Waals surface area (Å²) in [6, 6.07) is 1.90. The number of carbonyl (C=O) groups excluding carboxylic acids is 2. The molecule has 0 unspecified atom stereocenters. The third-order valence-corrected chi connectivity index (χ3v) is 6.38. The molecule has 1 amide bonds. The molecule has 0 saturated carbocycles. The Morgan fingerprint density at radius 3 is 2.06 bits per heavy atom. The molecule has 0 radical (unpaired) electrons. The number of amides is 1. The number of rotatable bonds is 13. The molecule has 0 aliphatic carbocycles. The van der Waals surface area contributed by atoms with Crippen LogP contribution in [0.3, 0.4) is 0 Å². The minimum Gasteiger partial charge on any atom is -0.465 e. The number of carbonyl (C=O) groups is 2. The maximum Gasteiger partial charge on any atom is 0.417 e. The van der Waals surface area contributed by atoms with Crippen molar-refractivity contribution >= 4 is 11.9 Å². The molecule has 192 valence electrons. The molecule has 34 heavy (non-hydrogen) atoms. The molecule has 0 atom stereocenters. The summed E-state index contributed by atoms with van der Waals surface area (Å²) in [6.45, 7) is 2.84. The van der Waals surface area contributed by atoms with Gasteiger partial charge in [0, 0.05) is 13.1 Å². The highest BCUT2D eigenvalue weighted by Gasteiger charge is 2.37. The smallest absolute Gasteiger partial charge is 0.417 e. The topological polar surface area (TPSA) is 46.6 Å². The van der Waals surface area contributed by atoms with E-state index < -0.39 is 29.0 Å². The van der Waals surface area contributed by atoms with Crippen LogP contribution in [-0.4, -0.2) is 36.5 Å². The molecule has 1 fully saturated rings. The number of halogens is 4. The zero-order valence-corrected chi connectivity index (χ0v) is 20.1. The van der Waals surface area contributed by atoms with Gasteiger partial charge in [0.15, 0.2) is 0 Å². The number of unbranched alkanes of at least 4 members (excludes halogenated alkanes) is 9. The number of ether oxygens (including phenoxy) is 1. The molecule has 0 aromatic heterocycles. The summed E-state index contributed by atoms with van der Waals surface area (Å²) in [5, 5.41) is 0. The number of piperidine rings is 1. The van der Waals surface area contributed by atoms with E-state index in [-0.39, 0.29) is 25.0 Å². The number of esters is 1. The van der Waals surface area contributed by atoms with E-state index in [1.807, 2.05) is 0 Å². The van der Waals surface area contributed by atoms with Crippen LogP contribution in [0.5, 0.6) is 0 Å². The van der Waals surface area contributed by atoms with Gasteiger partial charge in [0.2, 0.25) is 0 Å². The van der Waals surface area contributed by atoms with Crippen LogP contribution in [0.25, 0.3) is 0 Å². The second kappa shape index (κ2) is 14.3. The van der Waals surface area contributed by atoms with Crippen LogP contribution in [0.2, 0.25) is 0 Å². The summed E-state index contributed by atoms with van der Waals surface area (Å²) in [7, 11) is 0. The number of hydrogen-bond acceptors (Lipinski definition) is 3. The van der Waals surface area contributed by atoms with Crippen molar-refractivity contribution in [2.24, 2.45) is 5.92 Å². The van der Waals surface area contributed by atoms with Crippen molar-refractivity contribution in [3.05, 3.63) is 35.1 Å². The Bertz CT molecular complexity index is 774. The number of likely N-dealkylation sites (tertiary alicyclic amines) is 1. The standard InChI is InChI=1S/C26H37F4NO3/c1-2-3-4-5-6-7-8-9-10-11-18-34-25(33)20-14-16-31(17-15-20)24(32)22-19-21(27)12-13-23(22)26(28,29)30/h12-13,19-20H,2-11,14-18H2,1H3. The lowest BCUT2D eigenvalue weighted by molar-refractivity contribution is -0.150. The lowest BCUT2D eigenvalue weighted by atomic mass is 9.96. The predicted molar refractivity (Wildman–Crippen MR) is 123 cm³/mol. The highest BCUT2D eigenvalue weighted by atomic mass is 19.4. The van der Waals surface area contributed by atoms with Crippen LogP contribution in [0, 0.1) is 11.7 Å². The predicted octanol–water partition coefficient (Wildman–Crippen LogP) is 7.16. The first-order valence-electron chi connectivity index (χ1n) is 12.6. The third-order valence-electron chi connectivity index (χ3n) is 6.38. The molecule has 0 spiro atoms. The Labute approximate surface area is 200 Å². The largest absolute Gasteiger partial charge is 0.465 e. The zero-order chi connectivity index (χ0) is 25.0. The van der Waals surface area contributed by atoms with Crippen LogP contribution in [-0.2, 0) is 15.7 Å². The van der Waals surface area contributed by atoms with E-state index in [0.717, 1.165) is 19.3 Å². The van der Waals surface area contributed by atoms with Crippen LogP contribution in [0.4, 0.5) is 17.6 Å². The van der Waals surface area contributed by atoms with Crippen LogP contribution in [0.1, 0.15) is 99.9 Å². The molecular weight excluding hydrogens is 450 g/mol. The number of nitrogens with zero attached hydrogens (tertiary/aromatic N) is 1. The van der Waals surface area contributed by atoms with Crippen molar-refractivity contribution in [2.45, 2.75) is 90.1 Å². The Kier molecular flexibility index (Phi) is 11.8. The molecule has 4 nitrogen and oxygen atoms in total. The van der Waals surface area contributed by atoms with Gasteiger partial charge in [0.25, 0.3) is 5.91 Å². The van der Waals surface area contributed by atoms with Gasteiger partial charge in [0.05, 0.1) is 23.7 Å². The lowest BCUT2D eigenvalue weighted by Gasteiger charge is -2.31. The lowest BCUT2D eigenvalue weighted by Crippen LogP contribution is -2.41. The van der Waals surface area contributed by atoms with Crippen molar-refractivity contribution in [3.8, 4) is 0 Å². The fourth-order valence-corrected chi connectivity index (χ4v) is 4.31. The third kappa shape index (κ3) is 9.26. The second-order valence-corrected chi connectivity index (χ2v) is 9.10. The van der Waals surface area contributed by atoms with Gasteiger partial charge in [-0.3, -0.25) is 9.59 Å². The van der Waals surface area contributed by atoms with Gasteiger partial charge >= 0.3 is 12.1 Å². The van der Waals surface area contributed by atoms with Gasteiger partial charge in [-0.25, -0.2) is 4.39 Å². The zero-order valence-electron chi connectivity index (χ0n) is 20.1. The van der Waals surface area contributed by atoms with Crippen LogP contribution < -0.4 is 0 Å². The van der Waals surface area contributed by atoms with E-state index in [1.54, 1.807) is 0 Å². The van der Waals surface area contributed by atoms with E-state index in [9.17, 15) is 27.2 Å². The SMILES string of the molecule is CCCCCCCCCCCCOC(=O)C1CCN(C(=O)c2cc(F)ccc2C(F)(F)F)CC1. The van der Waals surface area contributed by atoms with Crippen LogP contribution >= 0.6 is 0 Å². The van der Waals surface area contributed by atoms with E-state index in [1.165, 1.54) is 49.8 Å². The summed E-state index contributed by atoms with van der Waals surface area (Å²) < 4.78 is 58.5. The highest BCUT2D eigenvalue weighted by molar-refractivity contribution is 5.96. The fourth-order valence-electron chi connectivity index (χ4n) is 4.31. The minimum atomic E-state index is -4.75. The van der Waals surface area contributed by atoms with Gasteiger partial charge in [-0.1, -0.05) is 64.7 Å². The summed E-state index contributed by atoms with van der Waals surface area (Å²) in [5.74, 6) is -2.46. The average Bonchev–Trinajstić information content (AvgIpc) is 2.81. The summed E-state index contributed by atoms with van der Waals surface area (Å²) >= 11 is 0. The van der Waals surface area contributed by atoms with E-state index >= 15 is 0 Å². The van der Waals surface area contributed by atoms with Crippen molar-refractivity contribution in [3.63, 3.8) is 0 Å². The van der Waals surface area contributed by atoms with Crippen molar-refractivity contribution in [1.82, 2.24) is 4.90 Å². The van der Waals surface area contributed by atoms with Gasteiger partial charge in [-0.05, 0) is 37.5 Å². The molecule has 1 aromatic rings. The van der Waals surface area contributed by atoms with Crippen molar-refractivity contribution < 1.29 is 31.9 Å². The maximum absolute atomic E-state index is 13.5. The molecule has 1 heterocycles. The molecular formula is C26H37F4NO3. The molecule has 0 bridgehead atoms. The summed E-state index contributed by atoms with van der Waals surface area (Å²) in [5.41, 5.74) is -1.86. The summed E-state index contributed by atoms with van der Waals surface area (Å²) in [4.78, 5) is 26.2. The van der Waals surface area contributed by atoms with Crippen LogP contribution in [0.15, 0.2) is 18.2 Å². The molecule has 1 aliphatic heterocycles. The van der Waals surface area contributed by atoms with Gasteiger partial charge < -0.3 is 9.64 Å². The molecule has 2 rings (SSSR count). The van der Waals surface area contributed by atoms with Gasteiger partial charge in [-0.2, -0.15) is 13.2 Å². The molecule has 1 aromatic carbocycles. The highest BCUT2D eigenvalue weighted by Crippen LogP contribution is 2.33. The number of hydrogen-bond donors (Lipinski definition) is 0. The number of alkyl halides is 3. The normalized spacial score (nSPS) is 14.9. The Hall–Kier alpha value is -2.12.